The van der Waals surface area contributed by atoms with Crippen molar-refractivity contribution in [2.45, 2.75) is 42.8 Å². The molecule has 2 heteroatoms. The van der Waals surface area contributed by atoms with Gasteiger partial charge in [0.2, 0.25) is 0 Å². The molecule has 0 radical (unpaired) electrons. The van der Waals surface area contributed by atoms with Crippen LogP contribution < -0.4 is 0 Å². The second-order valence-electron chi connectivity index (χ2n) is 6.99. The predicted octanol–water partition coefficient (Wildman–Crippen LogP) is 5.93. The van der Waals surface area contributed by atoms with Crippen molar-refractivity contribution in [3.63, 3.8) is 0 Å². The van der Waals surface area contributed by atoms with Crippen LogP contribution in [0.5, 0.6) is 0 Å². The molecule has 0 amide bonds. The summed E-state index contributed by atoms with van der Waals surface area (Å²) in [4.78, 5) is 0. The van der Waals surface area contributed by atoms with Crippen LogP contribution in [0.25, 0.3) is 0 Å². The zero-order valence-electron chi connectivity index (χ0n) is 14.2. The average Bonchev–Trinajstić information content (AvgIpc) is 2.69. The van der Waals surface area contributed by atoms with E-state index in [4.69, 9.17) is 4.74 Å². The number of hydrogen-bond donors (Lipinski definition) is 0. The molecular weight excluding hydrogens is 312 g/mol. The molecule has 2 saturated heterocycles. The molecule has 2 aliphatic rings. The smallest absolute Gasteiger partial charge is 0.0534 e. The van der Waals surface area contributed by atoms with Gasteiger partial charge in [-0.05, 0) is 54.0 Å². The Morgan fingerprint density at radius 3 is 2.42 bits per heavy atom. The van der Waals surface area contributed by atoms with E-state index < -0.39 is 0 Å². The highest BCUT2D eigenvalue weighted by Crippen LogP contribution is 2.50. The van der Waals surface area contributed by atoms with Gasteiger partial charge in [0.25, 0.3) is 0 Å². The molecule has 0 aromatic heterocycles. The van der Waals surface area contributed by atoms with E-state index in [0.29, 0.717) is 17.1 Å². The summed E-state index contributed by atoms with van der Waals surface area (Å²) in [5, 5.41) is 0.583. The van der Waals surface area contributed by atoms with E-state index in [1.54, 1.807) is 5.56 Å². The summed E-state index contributed by atoms with van der Waals surface area (Å²) in [5.41, 5.74) is 4.61. The summed E-state index contributed by atoms with van der Waals surface area (Å²) >= 11 is 2.16. The molecule has 3 unspecified atom stereocenters. The highest BCUT2D eigenvalue weighted by atomic mass is 32.2. The quantitative estimate of drug-likeness (QED) is 0.685. The fourth-order valence-electron chi connectivity index (χ4n) is 4.26. The Labute approximate surface area is 149 Å². The molecule has 0 aliphatic carbocycles. The Balaban J connectivity index is 1.68. The fourth-order valence-corrected chi connectivity index (χ4v) is 5.76. The van der Waals surface area contributed by atoms with Crippen molar-refractivity contribution >= 4 is 11.8 Å². The summed E-state index contributed by atoms with van der Waals surface area (Å²) in [6.07, 6.45) is 5.09. The predicted molar refractivity (Wildman–Crippen MR) is 103 cm³/mol. The lowest BCUT2D eigenvalue weighted by molar-refractivity contribution is 0.0801. The lowest BCUT2D eigenvalue weighted by Gasteiger charge is -2.35. The van der Waals surface area contributed by atoms with Crippen molar-refractivity contribution in [2.75, 3.05) is 19.0 Å². The van der Waals surface area contributed by atoms with Gasteiger partial charge in [0.15, 0.2) is 0 Å². The summed E-state index contributed by atoms with van der Waals surface area (Å²) in [5.74, 6) is 2.49. The van der Waals surface area contributed by atoms with Crippen LogP contribution in [-0.2, 0) is 4.74 Å². The molecule has 2 heterocycles. The largest absolute Gasteiger partial charge is 0.381 e. The normalized spacial score (nSPS) is 27.8. The number of thioether (sulfide) groups is 1. The second-order valence-corrected chi connectivity index (χ2v) is 8.24. The van der Waals surface area contributed by atoms with Crippen molar-refractivity contribution in [3.05, 3.63) is 71.3 Å². The Morgan fingerprint density at radius 2 is 1.62 bits per heavy atom. The number of hydrogen-bond acceptors (Lipinski definition) is 2. The Morgan fingerprint density at radius 1 is 0.833 bits per heavy atom. The standard InChI is InChI=1S/C22H26OS/c1-2-8-17(9-3-1)20-13-7-15-24-22(20)21-12-5-4-11-19(21)18-10-6-14-23-16-18/h1-5,8-9,11-12,18,20,22H,6-7,10,13-16H2. The minimum atomic E-state index is 0.578. The zero-order chi connectivity index (χ0) is 16.2. The summed E-state index contributed by atoms with van der Waals surface area (Å²) in [7, 11) is 0. The highest BCUT2D eigenvalue weighted by Gasteiger charge is 2.31. The maximum Gasteiger partial charge on any atom is 0.0534 e. The first-order valence-corrected chi connectivity index (χ1v) is 10.3. The lowest BCUT2D eigenvalue weighted by atomic mass is 9.82. The number of benzene rings is 2. The monoisotopic (exact) mass is 338 g/mol. The first kappa shape index (κ1) is 16.2. The summed E-state index contributed by atoms with van der Waals surface area (Å²) in [6.45, 7) is 1.83. The van der Waals surface area contributed by atoms with Gasteiger partial charge in [-0.1, -0.05) is 54.6 Å². The van der Waals surface area contributed by atoms with E-state index in [2.05, 4.69) is 66.4 Å². The van der Waals surface area contributed by atoms with E-state index in [-0.39, 0.29) is 0 Å². The van der Waals surface area contributed by atoms with Gasteiger partial charge in [0.1, 0.15) is 0 Å². The average molecular weight is 339 g/mol. The van der Waals surface area contributed by atoms with Crippen molar-refractivity contribution < 1.29 is 4.74 Å². The Bertz CT molecular complexity index is 648. The van der Waals surface area contributed by atoms with Crippen LogP contribution in [0.15, 0.2) is 54.6 Å². The SMILES string of the molecule is c1ccc(C2CCCSC2c2ccccc2C2CCCOC2)cc1. The molecule has 4 rings (SSSR count). The third kappa shape index (κ3) is 3.41. The zero-order valence-corrected chi connectivity index (χ0v) is 15.0. The van der Waals surface area contributed by atoms with Crippen molar-refractivity contribution in [1.29, 1.82) is 0 Å². The molecule has 3 atom stereocenters. The van der Waals surface area contributed by atoms with Gasteiger partial charge in [0.05, 0.1) is 6.61 Å². The molecule has 2 aromatic carbocycles. The molecule has 126 valence electrons. The maximum absolute atomic E-state index is 5.78. The van der Waals surface area contributed by atoms with Crippen LogP contribution in [0.1, 0.15) is 59.5 Å². The number of ether oxygens (including phenoxy) is 1. The molecule has 2 aromatic rings. The summed E-state index contributed by atoms with van der Waals surface area (Å²) in [6, 6.07) is 20.3. The van der Waals surface area contributed by atoms with Crippen LogP contribution >= 0.6 is 11.8 Å². The van der Waals surface area contributed by atoms with E-state index in [9.17, 15) is 0 Å². The van der Waals surface area contributed by atoms with E-state index >= 15 is 0 Å². The van der Waals surface area contributed by atoms with Crippen LogP contribution in [0, 0.1) is 0 Å². The third-order valence-electron chi connectivity index (χ3n) is 5.45. The first-order chi connectivity index (χ1) is 11.9. The molecule has 0 spiro atoms. The van der Waals surface area contributed by atoms with Crippen molar-refractivity contribution in [1.82, 2.24) is 0 Å². The van der Waals surface area contributed by atoms with E-state index in [0.717, 1.165) is 13.2 Å². The van der Waals surface area contributed by atoms with Crippen LogP contribution in [0.2, 0.25) is 0 Å². The second kappa shape index (κ2) is 7.76. The van der Waals surface area contributed by atoms with Crippen LogP contribution in [-0.4, -0.2) is 19.0 Å². The topological polar surface area (TPSA) is 9.23 Å². The maximum atomic E-state index is 5.78. The summed E-state index contributed by atoms with van der Waals surface area (Å²) < 4.78 is 5.78. The molecule has 1 nitrogen and oxygen atoms in total. The van der Waals surface area contributed by atoms with Gasteiger partial charge < -0.3 is 4.74 Å². The van der Waals surface area contributed by atoms with Gasteiger partial charge >= 0.3 is 0 Å². The molecule has 2 fully saturated rings. The lowest BCUT2D eigenvalue weighted by Crippen LogP contribution is -2.20. The Kier molecular flexibility index (Phi) is 5.24. The molecule has 0 N–H and O–H groups in total. The molecule has 0 bridgehead atoms. The third-order valence-corrected chi connectivity index (χ3v) is 6.92. The van der Waals surface area contributed by atoms with Gasteiger partial charge in [-0.25, -0.2) is 0 Å². The van der Waals surface area contributed by atoms with E-state index in [1.165, 1.54) is 42.6 Å². The molecule has 2 aliphatic heterocycles. The molecule has 24 heavy (non-hydrogen) atoms. The van der Waals surface area contributed by atoms with Crippen LogP contribution in [0.4, 0.5) is 0 Å². The molecular formula is C22H26OS. The minimum absolute atomic E-state index is 0.578. The number of rotatable bonds is 3. The van der Waals surface area contributed by atoms with Gasteiger partial charge in [-0.3, -0.25) is 0 Å². The highest BCUT2D eigenvalue weighted by molar-refractivity contribution is 7.99. The Hall–Kier alpha value is -1.25. The van der Waals surface area contributed by atoms with Gasteiger partial charge in [0, 0.05) is 17.8 Å². The molecule has 0 saturated carbocycles. The van der Waals surface area contributed by atoms with Crippen LogP contribution in [0.3, 0.4) is 0 Å². The minimum Gasteiger partial charge on any atom is -0.381 e. The van der Waals surface area contributed by atoms with Crippen molar-refractivity contribution in [2.24, 2.45) is 0 Å². The van der Waals surface area contributed by atoms with Gasteiger partial charge in [-0.2, -0.15) is 11.8 Å². The fraction of sp³-hybridized carbons (Fsp3) is 0.455. The van der Waals surface area contributed by atoms with E-state index in [1.807, 2.05) is 0 Å². The van der Waals surface area contributed by atoms with Gasteiger partial charge in [-0.15, -0.1) is 0 Å². The first-order valence-electron chi connectivity index (χ1n) is 9.26. The van der Waals surface area contributed by atoms with Crippen molar-refractivity contribution in [3.8, 4) is 0 Å².